The minimum absolute atomic E-state index is 0.146. The zero-order valence-electron chi connectivity index (χ0n) is 21.4. The Morgan fingerprint density at radius 3 is 1.68 bits per heavy atom. The van der Waals surface area contributed by atoms with Crippen LogP contribution in [0.15, 0.2) is 115 Å². The summed E-state index contributed by atoms with van der Waals surface area (Å²) in [5, 5.41) is 43.6. The molecule has 3 N–H and O–H groups in total. The molecule has 5 rings (SSSR count). The lowest BCUT2D eigenvalue weighted by atomic mass is 9.80. The molecule has 0 radical (unpaired) electrons. The minimum Gasteiger partial charge on any atom is -0.455 e. The number of rotatable bonds is 9. The highest BCUT2D eigenvalue weighted by Crippen LogP contribution is 2.41. The Bertz CT molecular complexity index is 1310. The van der Waals surface area contributed by atoms with Gasteiger partial charge in [0.25, 0.3) is 0 Å². The van der Waals surface area contributed by atoms with E-state index in [2.05, 4.69) is 0 Å². The van der Waals surface area contributed by atoms with Gasteiger partial charge < -0.3 is 29.5 Å². The standard InChI is InChI=1S/C31H29NO8/c33-27-26(40-30(29(35)28(27)34)39-25-19-11-10-18-24(25)32(36)37)20-38-31(21-12-4-1-5-13-21,22-14-6-2-7-15-22)23-16-8-3-9-17-23/h1-19,26-30,33-35H,20H2/t26-,27+,28+,29-,30-/m1/s1. The van der Waals surface area contributed by atoms with E-state index in [-0.39, 0.29) is 18.0 Å². The third kappa shape index (κ3) is 5.33. The minimum atomic E-state index is -1.67. The number of benzene rings is 4. The van der Waals surface area contributed by atoms with Gasteiger partial charge in [-0.2, -0.15) is 0 Å². The maximum absolute atomic E-state index is 11.5. The summed E-state index contributed by atoms with van der Waals surface area (Å²) in [7, 11) is 0. The predicted octanol–water partition coefficient (Wildman–Crippen LogP) is 3.79. The molecule has 1 aliphatic heterocycles. The predicted molar refractivity (Wildman–Crippen MR) is 146 cm³/mol. The number of aliphatic hydroxyl groups is 3. The molecule has 1 aliphatic rings. The summed E-state index contributed by atoms with van der Waals surface area (Å²) in [5.74, 6) is -0.146. The smallest absolute Gasteiger partial charge is 0.311 e. The van der Waals surface area contributed by atoms with Gasteiger partial charge in [0.15, 0.2) is 5.75 Å². The van der Waals surface area contributed by atoms with Crippen molar-refractivity contribution in [2.24, 2.45) is 0 Å². The van der Waals surface area contributed by atoms with Gasteiger partial charge in [-0.3, -0.25) is 10.1 Å². The van der Waals surface area contributed by atoms with Crippen molar-refractivity contribution in [1.29, 1.82) is 0 Å². The molecule has 0 saturated carbocycles. The molecule has 0 unspecified atom stereocenters. The molecular formula is C31H29NO8. The third-order valence-electron chi connectivity index (χ3n) is 6.98. The van der Waals surface area contributed by atoms with Crippen LogP contribution in [0.4, 0.5) is 5.69 Å². The SMILES string of the molecule is O=[N+]([O-])c1ccccc1O[C@@H]1O[C@H](COC(c2ccccc2)(c2ccccc2)c2ccccc2)[C@H](O)[C@H](O)[C@H]1O. The average molecular weight is 544 g/mol. The van der Waals surface area contributed by atoms with Gasteiger partial charge in [0.2, 0.25) is 6.29 Å². The van der Waals surface area contributed by atoms with Crippen LogP contribution in [-0.2, 0) is 15.1 Å². The molecule has 1 heterocycles. The van der Waals surface area contributed by atoms with Crippen molar-refractivity contribution in [2.75, 3.05) is 6.61 Å². The topological polar surface area (TPSA) is 132 Å². The van der Waals surface area contributed by atoms with Crippen molar-refractivity contribution in [3.05, 3.63) is 142 Å². The number of ether oxygens (including phenoxy) is 3. The fraction of sp³-hybridized carbons (Fsp3) is 0.226. The Labute approximate surface area is 231 Å². The van der Waals surface area contributed by atoms with Gasteiger partial charge in [-0.05, 0) is 22.8 Å². The van der Waals surface area contributed by atoms with E-state index in [1.807, 2.05) is 91.0 Å². The summed E-state index contributed by atoms with van der Waals surface area (Å²) in [6.45, 7) is -0.222. The van der Waals surface area contributed by atoms with Crippen LogP contribution in [0.2, 0.25) is 0 Å². The molecule has 1 saturated heterocycles. The molecule has 206 valence electrons. The van der Waals surface area contributed by atoms with Crippen molar-refractivity contribution in [3.8, 4) is 5.75 Å². The maximum atomic E-state index is 11.5. The number of aliphatic hydroxyl groups excluding tert-OH is 3. The zero-order chi connectivity index (χ0) is 28.1. The quantitative estimate of drug-likeness (QED) is 0.165. The van der Waals surface area contributed by atoms with Crippen LogP contribution in [0.25, 0.3) is 0 Å². The van der Waals surface area contributed by atoms with Crippen molar-refractivity contribution in [3.63, 3.8) is 0 Å². The maximum Gasteiger partial charge on any atom is 0.311 e. The second kappa shape index (κ2) is 12.0. The summed E-state index contributed by atoms with van der Waals surface area (Å²) in [5.41, 5.74) is 1.02. The zero-order valence-corrected chi connectivity index (χ0v) is 21.4. The van der Waals surface area contributed by atoms with Gasteiger partial charge in [0.05, 0.1) is 11.5 Å². The molecule has 9 nitrogen and oxygen atoms in total. The highest BCUT2D eigenvalue weighted by molar-refractivity contribution is 5.48. The van der Waals surface area contributed by atoms with Crippen LogP contribution in [-0.4, -0.2) is 57.6 Å². The first kappa shape index (κ1) is 27.4. The van der Waals surface area contributed by atoms with Crippen molar-refractivity contribution >= 4 is 5.69 Å². The number of nitro benzene ring substituents is 1. The van der Waals surface area contributed by atoms with Gasteiger partial charge in [-0.1, -0.05) is 103 Å². The number of para-hydroxylation sites is 2. The largest absolute Gasteiger partial charge is 0.455 e. The first-order chi connectivity index (χ1) is 19.4. The van der Waals surface area contributed by atoms with Gasteiger partial charge >= 0.3 is 5.69 Å². The Hall–Kier alpha value is -4.12. The lowest BCUT2D eigenvalue weighted by Crippen LogP contribution is -2.60. The fourth-order valence-corrected chi connectivity index (χ4v) is 4.96. The molecule has 0 spiro atoms. The molecular weight excluding hydrogens is 514 g/mol. The Kier molecular flexibility index (Phi) is 8.20. The molecule has 0 bridgehead atoms. The van der Waals surface area contributed by atoms with Crippen molar-refractivity contribution in [1.82, 2.24) is 0 Å². The van der Waals surface area contributed by atoms with Crippen LogP contribution < -0.4 is 4.74 Å². The first-order valence-electron chi connectivity index (χ1n) is 12.8. The van der Waals surface area contributed by atoms with Crippen LogP contribution >= 0.6 is 0 Å². The summed E-state index contributed by atoms with van der Waals surface area (Å²) in [6.07, 6.45) is -7.52. The highest BCUT2D eigenvalue weighted by atomic mass is 16.7. The fourth-order valence-electron chi connectivity index (χ4n) is 4.96. The Balaban J connectivity index is 1.49. The van der Waals surface area contributed by atoms with Crippen LogP contribution in [0.3, 0.4) is 0 Å². The van der Waals surface area contributed by atoms with E-state index < -0.39 is 41.2 Å². The number of hydrogen-bond acceptors (Lipinski definition) is 8. The van der Waals surface area contributed by atoms with E-state index in [1.165, 1.54) is 24.3 Å². The van der Waals surface area contributed by atoms with E-state index in [1.54, 1.807) is 0 Å². The van der Waals surface area contributed by atoms with Crippen molar-refractivity contribution < 1.29 is 34.5 Å². The molecule has 5 atom stereocenters. The molecule has 0 aliphatic carbocycles. The molecule has 0 aromatic heterocycles. The normalized spacial score (nSPS) is 22.9. The number of nitro groups is 1. The highest BCUT2D eigenvalue weighted by Gasteiger charge is 2.47. The number of hydrogen-bond donors (Lipinski definition) is 3. The second-order valence-corrected chi connectivity index (χ2v) is 9.45. The molecule has 40 heavy (non-hydrogen) atoms. The van der Waals surface area contributed by atoms with E-state index in [9.17, 15) is 25.4 Å². The van der Waals surface area contributed by atoms with Crippen molar-refractivity contribution in [2.45, 2.75) is 36.3 Å². The summed E-state index contributed by atoms with van der Waals surface area (Å²) in [4.78, 5) is 10.8. The van der Waals surface area contributed by atoms with Gasteiger partial charge in [0, 0.05) is 6.07 Å². The van der Waals surface area contributed by atoms with Gasteiger partial charge in [-0.25, -0.2) is 0 Å². The number of nitrogens with zero attached hydrogens (tertiary/aromatic N) is 1. The van der Waals surface area contributed by atoms with E-state index in [4.69, 9.17) is 14.2 Å². The van der Waals surface area contributed by atoms with Gasteiger partial charge in [0.1, 0.15) is 30.0 Å². The summed E-state index contributed by atoms with van der Waals surface area (Å²) >= 11 is 0. The molecule has 4 aromatic carbocycles. The third-order valence-corrected chi connectivity index (χ3v) is 6.98. The van der Waals surface area contributed by atoms with Gasteiger partial charge in [-0.15, -0.1) is 0 Å². The van der Waals surface area contributed by atoms with E-state index in [0.29, 0.717) is 0 Å². The first-order valence-corrected chi connectivity index (χ1v) is 12.8. The second-order valence-electron chi connectivity index (χ2n) is 9.45. The lowest BCUT2D eigenvalue weighted by molar-refractivity contribution is -0.387. The van der Waals surface area contributed by atoms with Crippen LogP contribution in [0, 0.1) is 10.1 Å². The lowest BCUT2D eigenvalue weighted by Gasteiger charge is -2.42. The molecule has 0 amide bonds. The summed E-state index contributed by atoms with van der Waals surface area (Å²) in [6, 6.07) is 34.4. The summed E-state index contributed by atoms with van der Waals surface area (Å²) < 4.78 is 18.2. The molecule has 9 heteroatoms. The van der Waals surface area contributed by atoms with Crippen LogP contribution in [0.5, 0.6) is 5.75 Å². The van der Waals surface area contributed by atoms with E-state index in [0.717, 1.165) is 16.7 Å². The monoisotopic (exact) mass is 543 g/mol. The van der Waals surface area contributed by atoms with E-state index >= 15 is 0 Å². The Morgan fingerprint density at radius 2 is 1.18 bits per heavy atom. The molecule has 1 fully saturated rings. The Morgan fingerprint density at radius 1 is 0.700 bits per heavy atom. The van der Waals surface area contributed by atoms with Crippen LogP contribution in [0.1, 0.15) is 16.7 Å². The molecule has 4 aromatic rings. The average Bonchev–Trinajstić information content (AvgIpc) is 3.00.